The van der Waals surface area contributed by atoms with Crippen molar-refractivity contribution < 1.29 is 0 Å². The van der Waals surface area contributed by atoms with E-state index in [1.807, 2.05) is 11.8 Å². The standard InChI is InChI=1S/C55H35NS/c1-2-14-36(15-3-1)38-28-29-40-35-41(31-30-39(40)34-38)56(50-25-12-17-37-16-4-5-18-42(37)50)51-33-32-44-43-19-6-7-21-46(43)55(49-24-13-20-45(51)54(44)49)47-22-8-10-26-52(47)57-53-27-11-9-23-48(53)55/h1-35H. The topological polar surface area (TPSA) is 3.24 Å². The molecule has 0 atom stereocenters. The lowest BCUT2D eigenvalue weighted by Gasteiger charge is -2.46. The van der Waals surface area contributed by atoms with Crippen LogP contribution in [0.1, 0.15) is 22.3 Å². The predicted molar refractivity (Wildman–Crippen MR) is 241 cm³/mol. The van der Waals surface area contributed by atoms with E-state index in [9.17, 15) is 0 Å². The summed E-state index contributed by atoms with van der Waals surface area (Å²) >= 11 is 1.89. The minimum atomic E-state index is -0.482. The Morgan fingerprint density at radius 1 is 0.351 bits per heavy atom. The summed E-state index contributed by atoms with van der Waals surface area (Å²) in [5, 5.41) is 7.41. The summed E-state index contributed by atoms with van der Waals surface area (Å²) in [5.41, 5.74) is 13.4. The van der Waals surface area contributed by atoms with Crippen LogP contribution in [0.2, 0.25) is 0 Å². The molecule has 0 bridgehead atoms. The fourth-order valence-electron chi connectivity index (χ4n) is 9.88. The molecule has 0 fully saturated rings. The molecule has 1 spiro atoms. The number of rotatable bonds is 4. The van der Waals surface area contributed by atoms with Gasteiger partial charge in [-0.15, -0.1) is 0 Å². The first-order valence-electron chi connectivity index (χ1n) is 19.7. The maximum Gasteiger partial charge on any atom is 0.0735 e. The van der Waals surface area contributed by atoms with E-state index in [-0.39, 0.29) is 0 Å². The number of nitrogens with zero attached hydrogens (tertiary/aromatic N) is 1. The fraction of sp³-hybridized carbons (Fsp3) is 0.0182. The normalized spacial score (nSPS) is 13.3. The maximum absolute atomic E-state index is 2.50. The first-order chi connectivity index (χ1) is 28.3. The van der Waals surface area contributed by atoms with Crippen molar-refractivity contribution in [3.63, 3.8) is 0 Å². The van der Waals surface area contributed by atoms with Crippen molar-refractivity contribution in [2.45, 2.75) is 15.2 Å². The Balaban J connectivity index is 1.16. The average Bonchev–Trinajstić information content (AvgIpc) is 3.28. The number of fused-ring (bicyclic) bond motifs is 10. The van der Waals surface area contributed by atoms with Gasteiger partial charge in [-0.1, -0.05) is 182 Å². The Labute approximate surface area is 336 Å². The summed E-state index contributed by atoms with van der Waals surface area (Å²) in [7, 11) is 0. The highest BCUT2D eigenvalue weighted by Crippen LogP contribution is 2.62. The smallest absolute Gasteiger partial charge is 0.0735 e. The van der Waals surface area contributed by atoms with Crippen molar-refractivity contribution in [3.8, 4) is 22.3 Å². The van der Waals surface area contributed by atoms with Gasteiger partial charge in [-0.25, -0.2) is 0 Å². The van der Waals surface area contributed by atoms with E-state index in [1.54, 1.807) is 0 Å². The Morgan fingerprint density at radius 3 is 1.81 bits per heavy atom. The molecule has 1 heterocycles. The summed E-state index contributed by atoms with van der Waals surface area (Å²) in [5.74, 6) is 0. The largest absolute Gasteiger partial charge is 0.309 e. The lowest BCUT2D eigenvalue weighted by Crippen LogP contribution is -2.36. The molecule has 10 aromatic carbocycles. The summed E-state index contributed by atoms with van der Waals surface area (Å²) in [6.45, 7) is 0. The van der Waals surface area contributed by atoms with Gasteiger partial charge in [0.1, 0.15) is 0 Å². The average molecular weight is 742 g/mol. The third-order valence-electron chi connectivity index (χ3n) is 12.3. The Hall–Kier alpha value is -6.87. The van der Waals surface area contributed by atoms with E-state index in [4.69, 9.17) is 0 Å². The zero-order chi connectivity index (χ0) is 37.5. The molecule has 2 aliphatic rings. The van der Waals surface area contributed by atoms with Gasteiger partial charge in [0.15, 0.2) is 0 Å². The zero-order valence-corrected chi connectivity index (χ0v) is 31.9. The number of hydrogen-bond donors (Lipinski definition) is 0. The van der Waals surface area contributed by atoms with Crippen LogP contribution in [-0.2, 0) is 5.41 Å². The van der Waals surface area contributed by atoms with E-state index in [0.29, 0.717) is 0 Å². The Kier molecular flexibility index (Phi) is 7.14. The van der Waals surface area contributed by atoms with E-state index in [0.717, 1.165) is 17.1 Å². The molecular formula is C55H35NS. The summed E-state index contributed by atoms with van der Waals surface area (Å²) < 4.78 is 0. The molecule has 1 aliphatic heterocycles. The minimum Gasteiger partial charge on any atom is -0.309 e. The van der Waals surface area contributed by atoms with Gasteiger partial charge in [-0.05, 0) is 109 Å². The summed E-state index contributed by atoms with van der Waals surface area (Å²) in [6, 6.07) is 79.0. The predicted octanol–water partition coefficient (Wildman–Crippen LogP) is 15.1. The first-order valence-corrected chi connectivity index (χ1v) is 20.5. The molecule has 2 heteroatoms. The molecular weight excluding hydrogens is 707 g/mol. The second-order valence-corrected chi connectivity index (χ2v) is 16.3. The van der Waals surface area contributed by atoms with Crippen molar-refractivity contribution in [1.82, 2.24) is 0 Å². The van der Waals surface area contributed by atoms with Crippen molar-refractivity contribution in [2.24, 2.45) is 0 Å². The highest BCUT2D eigenvalue weighted by molar-refractivity contribution is 7.99. The fourth-order valence-corrected chi connectivity index (χ4v) is 11.1. The van der Waals surface area contributed by atoms with Gasteiger partial charge in [-0.2, -0.15) is 0 Å². The Bertz CT molecular complexity index is 3180. The van der Waals surface area contributed by atoms with Crippen LogP contribution >= 0.6 is 11.8 Å². The zero-order valence-electron chi connectivity index (χ0n) is 31.1. The van der Waals surface area contributed by atoms with E-state index in [2.05, 4.69) is 217 Å². The van der Waals surface area contributed by atoms with Gasteiger partial charge in [0, 0.05) is 26.3 Å². The number of benzene rings is 10. The van der Waals surface area contributed by atoms with Gasteiger partial charge >= 0.3 is 0 Å². The van der Waals surface area contributed by atoms with Crippen molar-refractivity contribution in [2.75, 3.05) is 4.90 Å². The van der Waals surface area contributed by atoms with Gasteiger partial charge in [-0.3, -0.25) is 0 Å². The highest BCUT2D eigenvalue weighted by Gasteiger charge is 2.48. The van der Waals surface area contributed by atoms with Gasteiger partial charge in [0.25, 0.3) is 0 Å². The number of hydrogen-bond acceptors (Lipinski definition) is 2. The van der Waals surface area contributed by atoms with E-state index < -0.39 is 5.41 Å². The number of anilines is 3. The molecule has 1 nitrogen and oxygen atoms in total. The van der Waals surface area contributed by atoms with Crippen molar-refractivity contribution >= 4 is 61.1 Å². The minimum absolute atomic E-state index is 0.482. The first kappa shape index (κ1) is 32.4. The molecule has 12 rings (SSSR count). The Morgan fingerprint density at radius 2 is 0.965 bits per heavy atom. The van der Waals surface area contributed by atoms with Gasteiger partial charge in [0.05, 0.1) is 16.8 Å². The summed E-state index contributed by atoms with van der Waals surface area (Å²) in [4.78, 5) is 5.12. The molecule has 57 heavy (non-hydrogen) atoms. The second-order valence-electron chi connectivity index (χ2n) is 15.2. The van der Waals surface area contributed by atoms with Crippen LogP contribution in [0.25, 0.3) is 54.6 Å². The molecule has 266 valence electrons. The molecule has 0 N–H and O–H groups in total. The van der Waals surface area contributed by atoms with Crippen molar-refractivity contribution in [3.05, 3.63) is 235 Å². The molecule has 0 amide bonds. The van der Waals surface area contributed by atoms with Crippen LogP contribution < -0.4 is 4.90 Å². The molecule has 0 aromatic heterocycles. The quantitative estimate of drug-likeness (QED) is 0.177. The highest BCUT2D eigenvalue weighted by atomic mass is 32.2. The third-order valence-corrected chi connectivity index (χ3v) is 13.4. The van der Waals surface area contributed by atoms with Crippen LogP contribution in [0, 0.1) is 0 Å². The monoisotopic (exact) mass is 741 g/mol. The van der Waals surface area contributed by atoms with Gasteiger partial charge < -0.3 is 4.90 Å². The van der Waals surface area contributed by atoms with E-state index in [1.165, 1.54) is 86.6 Å². The van der Waals surface area contributed by atoms with Crippen molar-refractivity contribution in [1.29, 1.82) is 0 Å². The summed E-state index contributed by atoms with van der Waals surface area (Å²) in [6.07, 6.45) is 0. The maximum atomic E-state index is 2.50. The SMILES string of the molecule is c1ccc(-c2ccc3cc(N(c4cccc5ccccc45)c4ccc5c6c(cccc46)C4(c6ccccc6Sc6ccccc64)c4ccccc4-5)ccc3c2)cc1. The van der Waals surface area contributed by atoms with Crippen LogP contribution in [0.3, 0.4) is 0 Å². The van der Waals surface area contributed by atoms with E-state index >= 15 is 0 Å². The second kappa shape index (κ2) is 12.6. The molecule has 10 aromatic rings. The molecule has 0 saturated carbocycles. The van der Waals surface area contributed by atoms with Gasteiger partial charge in [0.2, 0.25) is 0 Å². The molecule has 0 saturated heterocycles. The lowest BCUT2D eigenvalue weighted by molar-refractivity contribution is 0.707. The molecule has 1 aliphatic carbocycles. The third kappa shape index (κ3) is 4.72. The van der Waals surface area contributed by atoms with Crippen LogP contribution in [0.5, 0.6) is 0 Å². The molecule has 0 radical (unpaired) electrons. The molecule has 0 unspecified atom stereocenters. The lowest BCUT2D eigenvalue weighted by atomic mass is 9.59. The van der Waals surface area contributed by atoms with Crippen LogP contribution in [-0.4, -0.2) is 0 Å². The van der Waals surface area contributed by atoms with Crippen LogP contribution in [0.15, 0.2) is 222 Å². The van der Waals surface area contributed by atoms with Crippen LogP contribution in [0.4, 0.5) is 17.1 Å².